The molecule has 2 aromatic rings. The predicted octanol–water partition coefficient (Wildman–Crippen LogP) is 1.38. The fraction of sp³-hybridized carbons (Fsp3) is 0.294. The van der Waals surface area contributed by atoms with Gasteiger partial charge in [0, 0.05) is 24.9 Å². The van der Waals surface area contributed by atoms with Crippen LogP contribution in [-0.2, 0) is 4.79 Å². The molecule has 27 heavy (non-hydrogen) atoms. The summed E-state index contributed by atoms with van der Waals surface area (Å²) in [4.78, 5) is 47.9. The number of nitro groups is 1. The highest BCUT2D eigenvalue weighted by atomic mass is 16.6. The summed E-state index contributed by atoms with van der Waals surface area (Å²) in [5.41, 5.74) is -2.72. The lowest BCUT2D eigenvalue weighted by Crippen LogP contribution is -2.52. The molecule has 0 aliphatic rings. The molecule has 0 unspecified atom stereocenters. The van der Waals surface area contributed by atoms with E-state index < -0.39 is 33.5 Å². The second kappa shape index (κ2) is 6.98. The van der Waals surface area contributed by atoms with Gasteiger partial charge in [0.2, 0.25) is 5.43 Å². The Bertz CT molecular complexity index is 995. The zero-order valence-electron chi connectivity index (χ0n) is 15.2. The molecule has 0 aliphatic carbocycles. The Hall–Kier alpha value is -3.56. The van der Waals surface area contributed by atoms with Crippen molar-refractivity contribution in [2.75, 3.05) is 7.05 Å². The minimum absolute atomic E-state index is 0.0780. The number of carboxylic acids is 1. The highest BCUT2D eigenvalue weighted by molar-refractivity contribution is 5.95. The highest BCUT2D eigenvalue weighted by Crippen LogP contribution is 2.22. The summed E-state index contributed by atoms with van der Waals surface area (Å²) in [6.07, 6.45) is 0. The molecule has 0 saturated heterocycles. The molecular weight excluding hydrogens is 356 g/mol. The maximum absolute atomic E-state index is 12.7. The van der Waals surface area contributed by atoms with Crippen LogP contribution >= 0.6 is 0 Å². The van der Waals surface area contributed by atoms with Gasteiger partial charge in [0.05, 0.1) is 4.92 Å². The summed E-state index contributed by atoms with van der Waals surface area (Å²) in [7, 11) is 1.24. The third kappa shape index (κ3) is 3.54. The van der Waals surface area contributed by atoms with Crippen molar-refractivity contribution >= 4 is 17.6 Å². The number of para-hydroxylation sites is 2. The molecular formula is C17H18N4O6. The molecule has 0 fully saturated rings. The van der Waals surface area contributed by atoms with E-state index in [-0.39, 0.29) is 17.1 Å². The summed E-state index contributed by atoms with van der Waals surface area (Å²) < 4.78 is 1.12. The predicted molar refractivity (Wildman–Crippen MR) is 95.0 cm³/mol. The van der Waals surface area contributed by atoms with Crippen molar-refractivity contribution in [1.82, 2.24) is 14.7 Å². The number of hydrogen-bond acceptors (Lipinski definition) is 6. The number of hydrogen-bond donors (Lipinski definition) is 1. The molecule has 10 nitrogen and oxygen atoms in total. The van der Waals surface area contributed by atoms with Gasteiger partial charge in [0.15, 0.2) is 5.69 Å². The number of carbonyl (C=O) groups is 2. The number of aromatic nitrogens is 2. The average Bonchev–Trinajstić information content (AvgIpc) is 2.60. The molecule has 1 N–H and O–H groups in total. The van der Waals surface area contributed by atoms with Crippen LogP contribution in [0.4, 0.5) is 5.69 Å². The van der Waals surface area contributed by atoms with Crippen LogP contribution in [0, 0.1) is 17.0 Å². The lowest BCUT2D eigenvalue weighted by molar-refractivity contribution is -0.384. The quantitative estimate of drug-likeness (QED) is 0.617. The van der Waals surface area contributed by atoms with E-state index in [0.29, 0.717) is 0 Å². The van der Waals surface area contributed by atoms with Crippen LogP contribution in [0.25, 0.3) is 5.69 Å². The minimum Gasteiger partial charge on any atom is -0.480 e. The van der Waals surface area contributed by atoms with Gasteiger partial charge in [-0.05, 0) is 26.8 Å². The van der Waals surface area contributed by atoms with E-state index in [9.17, 15) is 29.6 Å². The summed E-state index contributed by atoms with van der Waals surface area (Å²) in [5, 5.41) is 24.5. The first-order valence-electron chi connectivity index (χ1n) is 7.84. The smallest absolute Gasteiger partial charge is 0.329 e. The topological polar surface area (TPSA) is 136 Å². The summed E-state index contributed by atoms with van der Waals surface area (Å²) >= 11 is 0. The van der Waals surface area contributed by atoms with Crippen molar-refractivity contribution in [1.29, 1.82) is 0 Å². The molecule has 0 atom stereocenters. The number of aliphatic carboxylic acids is 1. The largest absolute Gasteiger partial charge is 0.480 e. The molecule has 1 aromatic heterocycles. The van der Waals surface area contributed by atoms with Crippen molar-refractivity contribution in [3.63, 3.8) is 0 Å². The normalized spacial score (nSPS) is 11.1. The first-order chi connectivity index (χ1) is 12.5. The van der Waals surface area contributed by atoms with Gasteiger partial charge in [-0.1, -0.05) is 12.1 Å². The lowest BCUT2D eigenvalue weighted by Gasteiger charge is -2.31. The monoisotopic (exact) mass is 374 g/mol. The first-order valence-corrected chi connectivity index (χ1v) is 7.84. The maximum Gasteiger partial charge on any atom is 0.329 e. The van der Waals surface area contributed by atoms with Crippen molar-refractivity contribution in [3.8, 4) is 5.69 Å². The minimum atomic E-state index is -1.58. The van der Waals surface area contributed by atoms with Crippen molar-refractivity contribution in [2.45, 2.75) is 26.3 Å². The second-order valence-corrected chi connectivity index (χ2v) is 6.38. The molecule has 0 bridgehead atoms. The number of amides is 1. The number of carboxylic acid groups (broad SMARTS) is 1. The van der Waals surface area contributed by atoms with Gasteiger partial charge in [-0.15, -0.1) is 0 Å². The average molecular weight is 374 g/mol. The van der Waals surface area contributed by atoms with Gasteiger partial charge in [0.25, 0.3) is 11.6 Å². The van der Waals surface area contributed by atoms with E-state index in [4.69, 9.17) is 0 Å². The molecule has 1 heterocycles. The van der Waals surface area contributed by atoms with Crippen LogP contribution in [0.5, 0.6) is 0 Å². The Labute approximate surface area is 153 Å². The zero-order chi connectivity index (χ0) is 20.5. The molecule has 0 radical (unpaired) electrons. The van der Waals surface area contributed by atoms with Gasteiger partial charge in [-0.2, -0.15) is 5.10 Å². The van der Waals surface area contributed by atoms with Crippen molar-refractivity contribution < 1.29 is 19.6 Å². The van der Waals surface area contributed by atoms with E-state index in [1.54, 1.807) is 6.07 Å². The van der Waals surface area contributed by atoms with E-state index >= 15 is 0 Å². The van der Waals surface area contributed by atoms with Crippen LogP contribution in [0.15, 0.2) is 35.1 Å². The first kappa shape index (κ1) is 19.8. The number of nitrogens with zero attached hydrogens (tertiary/aromatic N) is 4. The fourth-order valence-electron chi connectivity index (χ4n) is 2.29. The number of nitro benzene ring substituents is 1. The third-order valence-corrected chi connectivity index (χ3v) is 4.28. The Morgan fingerprint density at radius 3 is 2.44 bits per heavy atom. The SMILES string of the molecule is Cc1cc(=O)c(C(=O)N(C)C(C)(C)C(=O)O)nn1-c1ccccc1[N+](=O)[O-]. The maximum atomic E-state index is 12.7. The molecule has 0 aliphatic heterocycles. The number of likely N-dealkylation sites (N-methyl/N-ethyl adjacent to an activating group) is 1. The molecule has 0 saturated carbocycles. The number of benzene rings is 1. The zero-order valence-corrected chi connectivity index (χ0v) is 15.2. The number of rotatable bonds is 5. The molecule has 2 rings (SSSR count). The lowest BCUT2D eigenvalue weighted by atomic mass is 10.0. The Kier molecular flexibility index (Phi) is 5.11. The standard InChI is InChI=1S/C17H18N4O6/c1-10-9-13(22)14(15(23)19(4)17(2,3)16(24)25)18-20(10)11-7-5-6-8-12(11)21(26)27/h5-9H,1-4H3,(H,24,25). The molecule has 0 spiro atoms. The molecule has 1 aromatic carbocycles. The van der Waals surface area contributed by atoms with Gasteiger partial charge in [0.1, 0.15) is 11.2 Å². The van der Waals surface area contributed by atoms with Crippen LogP contribution < -0.4 is 5.43 Å². The van der Waals surface area contributed by atoms with Gasteiger partial charge >= 0.3 is 5.97 Å². The number of aryl methyl sites for hydroxylation is 1. The van der Waals surface area contributed by atoms with Crippen molar-refractivity contribution in [2.24, 2.45) is 0 Å². The van der Waals surface area contributed by atoms with Crippen LogP contribution in [-0.4, -0.2) is 49.2 Å². The van der Waals surface area contributed by atoms with Gasteiger partial charge in [-0.3, -0.25) is 19.7 Å². The van der Waals surface area contributed by atoms with E-state index in [0.717, 1.165) is 15.6 Å². The van der Waals surface area contributed by atoms with Crippen molar-refractivity contribution in [3.05, 3.63) is 62.1 Å². The van der Waals surface area contributed by atoms with E-state index in [1.165, 1.54) is 46.0 Å². The molecule has 1 amide bonds. The van der Waals surface area contributed by atoms with Gasteiger partial charge in [-0.25, -0.2) is 9.48 Å². The summed E-state index contributed by atoms with van der Waals surface area (Å²) in [6.45, 7) is 4.13. The Morgan fingerprint density at radius 2 is 1.89 bits per heavy atom. The second-order valence-electron chi connectivity index (χ2n) is 6.38. The Morgan fingerprint density at radius 1 is 1.30 bits per heavy atom. The van der Waals surface area contributed by atoms with Crippen LogP contribution in [0.3, 0.4) is 0 Å². The summed E-state index contributed by atoms with van der Waals surface area (Å²) in [6, 6.07) is 6.87. The van der Waals surface area contributed by atoms with E-state index in [1.807, 2.05) is 0 Å². The fourth-order valence-corrected chi connectivity index (χ4v) is 2.29. The van der Waals surface area contributed by atoms with Crippen LogP contribution in [0.1, 0.15) is 30.0 Å². The third-order valence-electron chi connectivity index (χ3n) is 4.28. The molecule has 10 heteroatoms. The van der Waals surface area contributed by atoms with E-state index in [2.05, 4.69) is 5.10 Å². The molecule has 142 valence electrons. The van der Waals surface area contributed by atoms with Crippen LogP contribution in [0.2, 0.25) is 0 Å². The Balaban J connectivity index is 2.65. The number of carbonyl (C=O) groups excluding carboxylic acids is 1. The summed E-state index contributed by atoms with van der Waals surface area (Å²) in [5.74, 6) is -2.16. The van der Waals surface area contributed by atoms with Gasteiger partial charge < -0.3 is 10.0 Å². The highest BCUT2D eigenvalue weighted by Gasteiger charge is 2.37.